The van der Waals surface area contributed by atoms with Crippen molar-refractivity contribution < 1.29 is 9.90 Å². The van der Waals surface area contributed by atoms with Gasteiger partial charge in [-0.15, -0.1) is 10.2 Å². The van der Waals surface area contributed by atoms with Crippen LogP contribution in [0.2, 0.25) is 10.0 Å². The summed E-state index contributed by atoms with van der Waals surface area (Å²) in [5.74, 6) is -0.727. The predicted molar refractivity (Wildman–Crippen MR) is 125 cm³/mol. The van der Waals surface area contributed by atoms with Crippen LogP contribution in [0, 0.1) is 6.92 Å². The lowest BCUT2D eigenvalue weighted by molar-refractivity contribution is 0.102. The third-order valence-corrected chi connectivity index (χ3v) is 5.27. The summed E-state index contributed by atoms with van der Waals surface area (Å²) in [6, 6.07) is 21.1. The van der Waals surface area contributed by atoms with Gasteiger partial charge in [0.2, 0.25) is 0 Å². The number of hydrogen-bond donors (Lipinski definition) is 2. The predicted octanol–water partition coefficient (Wildman–Crippen LogP) is 7.83. The number of nitrogens with zero attached hydrogens (tertiary/aromatic N) is 2. The van der Waals surface area contributed by atoms with Gasteiger partial charge in [0.25, 0.3) is 5.91 Å². The van der Waals surface area contributed by atoms with Gasteiger partial charge in [0.1, 0.15) is 11.4 Å². The molecule has 0 aliphatic rings. The second-order valence-corrected chi connectivity index (χ2v) is 7.80. The van der Waals surface area contributed by atoms with E-state index in [-0.39, 0.29) is 17.0 Å². The minimum absolute atomic E-state index is 0.0883. The van der Waals surface area contributed by atoms with Gasteiger partial charge < -0.3 is 10.4 Å². The van der Waals surface area contributed by atoms with Crippen LogP contribution in [-0.2, 0) is 0 Å². The third-order valence-electron chi connectivity index (χ3n) is 4.72. The molecule has 0 fully saturated rings. The minimum Gasteiger partial charge on any atom is -0.505 e. The van der Waals surface area contributed by atoms with Gasteiger partial charge in [0, 0.05) is 16.1 Å². The summed E-state index contributed by atoms with van der Waals surface area (Å²) in [7, 11) is 0. The van der Waals surface area contributed by atoms with E-state index in [1.807, 2.05) is 37.3 Å². The van der Waals surface area contributed by atoms with Crippen LogP contribution in [0.1, 0.15) is 15.9 Å². The van der Waals surface area contributed by atoms with Crippen LogP contribution in [0.15, 0.2) is 83.0 Å². The number of anilines is 1. The molecular weight excluding hydrogens is 433 g/mol. The maximum Gasteiger partial charge on any atom is 0.259 e. The maximum atomic E-state index is 12.9. The Hall–Kier alpha value is -3.41. The van der Waals surface area contributed by atoms with Crippen molar-refractivity contribution in [2.45, 2.75) is 6.92 Å². The summed E-state index contributed by atoms with van der Waals surface area (Å²) < 4.78 is 0. The number of benzene rings is 4. The van der Waals surface area contributed by atoms with Gasteiger partial charge in [0.15, 0.2) is 5.75 Å². The summed E-state index contributed by atoms with van der Waals surface area (Å²) in [5.41, 5.74) is 2.31. The first-order valence-electron chi connectivity index (χ1n) is 9.42. The van der Waals surface area contributed by atoms with Crippen LogP contribution in [0.25, 0.3) is 10.8 Å². The monoisotopic (exact) mass is 449 g/mol. The number of halogens is 2. The lowest BCUT2D eigenvalue weighted by Gasteiger charge is -2.11. The molecule has 0 unspecified atom stereocenters. The van der Waals surface area contributed by atoms with Crippen LogP contribution in [0.5, 0.6) is 5.75 Å². The zero-order valence-corrected chi connectivity index (χ0v) is 17.9. The van der Waals surface area contributed by atoms with Crippen molar-refractivity contribution in [2.75, 3.05) is 5.32 Å². The molecule has 2 N–H and O–H groups in total. The van der Waals surface area contributed by atoms with Gasteiger partial charge in [-0.3, -0.25) is 4.79 Å². The van der Waals surface area contributed by atoms with E-state index >= 15 is 0 Å². The molecule has 0 aliphatic carbocycles. The van der Waals surface area contributed by atoms with Crippen molar-refractivity contribution in [3.05, 3.63) is 94.0 Å². The molecule has 0 heterocycles. The maximum absolute atomic E-state index is 12.9. The normalized spacial score (nSPS) is 11.2. The SMILES string of the molecule is Cc1ccc(NC(=O)c2cc3ccccc3c(/N=N/c3cc(Cl)ccc3Cl)c2O)cc1. The highest BCUT2D eigenvalue weighted by Crippen LogP contribution is 2.40. The summed E-state index contributed by atoms with van der Waals surface area (Å²) in [6.07, 6.45) is 0. The molecule has 0 aliphatic heterocycles. The first kappa shape index (κ1) is 20.8. The van der Waals surface area contributed by atoms with E-state index in [0.29, 0.717) is 26.8 Å². The number of amides is 1. The molecule has 4 rings (SSSR count). The van der Waals surface area contributed by atoms with Gasteiger partial charge in [-0.25, -0.2) is 0 Å². The molecular formula is C24H17Cl2N3O2. The molecule has 5 nitrogen and oxygen atoms in total. The zero-order chi connectivity index (χ0) is 22.0. The van der Waals surface area contributed by atoms with Crippen molar-refractivity contribution in [2.24, 2.45) is 10.2 Å². The van der Waals surface area contributed by atoms with E-state index in [2.05, 4.69) is 15.5 Å². The first-order valence-corrected chi connectivity index (χ1v) is 10.2. The fourth-order valence-corrected chi connectivity index (χ4v) is 3.42. The van der Waals surface area contributed by atoms with Crippen LogP contribution in [-0.4, -0.2) is 11.0 Å². The molecule has 0 atom stereocenters. The number of rotatable bonds is 4. The number of nitrogens with one attached hydrogen (secondary N) is 1. The summed E-state index contributed by atoms with van der Waals surface area (Å²) >= 11 is 12.2. The Morgan fingerprint density at radius 3 is 2.45 bits per heavy atom. The number of phenols is 1. The van der Waals surface area contributed by atoms with Crippen molar-refractivity contribution in [3.8, 4) is 5.75 Å². The fourth-order valence-electron chi connectivity index (χ4n) is 3.09. The van der Waals surface area contributed by atoms with Crippen molar-refractivity contribution in [3.63, 3.8) is 0 Å². The van der Waals surface area contributed by atoms with E-state index in [0.717, 1.165) is 10.9 Å². The number of carbonyl (C=O) groups excluding carboxylic acids is 1. The fraction of sp³-hybridized carbons (Fsp3) is 0.0417. The van der Waals surface area contributed by atoms with Gasteiger partial charge in [0.05, 0.1) is 10.6 Å². The zero-order valence-electron chi connectivity index (χ0n) is 16.4. The molecule has 0 saturated heterocycles. The highest BCUT2D eigenvalue weighted by atomic mass is 35.5. The quantitative estimate of drug-likeness (QED) is 0.311. The highest BCUT2D eigenvalue weighted by Gasteiger charge is 2.18. The Labute approximate surface area is 189 Å². The van der Waals surface area contributed by atoms with E-state index in [9.17, 15) is 9.90 Å². The van der Waals surface area contributed by atoms with E-state index in [1.165, 1.54) is 0 Å². The lowest BCUT2D eigenvalue weighted by atomic mass is 10.0. The standard InChI is InChI=1S/C24H17Cl2N3O2/c1-14-6-9-17(10-7-14)27-24(31)19-12-15-4-2-3-5-18(15)22(23(19)30)29-28-21-13-16(25)8-11-20(21)26/h2-13,30H,1H3,(H,27,31)/b29-28+. The van der Waals surface area contributed by atoms with Crippen LogP contribution in [0.4, 0.5) is 17.1 Å². The lowest BCUT2D eigenvalue weighted by Crippen LogP contribution is -2.12. The topological polar surface area (TPSA) is 74.0 Å². The Bertz CT molecular complexity index is 1320. The number of carbonyl (C=O) groups is 1. The number of phenolic OH excluding ortho intramolecular Hbond substituents is 1. The molecule has 0 aromatic heterocycles. The van der Waals surface area contributed by atoms with Gasteiger partial charge in [-0.2, -0.15) is 0 Å². The van der Waals surface area contributed by atoms with Gasteiger partial charge in [-0.1, -0.05) is 65.2 Å². The molecule has 31 heavy (non-hydrogen) atoms. The Morgan fingerprint density at radius 2 is 1.68 bits per heavy atom. The van der Waals surface area contributed by atoms with Crippen LogP contribution < -0.4 is 5.32 Å². The summed E-state index contributed by atoms with van der Waals surface area (Å²) in [5, 5.41) is 24.3. The molecule has 1 amide bonds. The van der Waals surface area contributed by atoms with E-state index in [4.69, 9.17) is 23.2 Å². The second-order valence-electron chi connectivity index (χ2n) is 6.96. The average Bonchev–Trinajstić information content (AvgIpc) is 2.76. The second kappa shape index (κ2) is 8.76. The smallest absolute Gasteiger partial charge is 0.259 e. The molecule has 0 radical (unpaired) electrons. The summed E-state index contributed by atoms with van der Waals surface area (Å²) in [6.45, 7) is 1.96. The van der Waals surface area contributed by atoms with E-state index in [1.54, 1.807) is 42.5 Å². The first-order chi connectivity index (χ1) is 14.9. The summed E-state index contributed by atoms with van der Waals surface area (Å²) in [4.78, 5) is 12.9. The molecule has 0 spiro atoms. The van der Waals surface area contributed by atoms with Crippen molar-refractivity contribution >= 4 is 56.9 Å². The average molecular weight is 450 g/mol. The number of aromatic hydroxyl groups is 1. The Morgan fingerprint density at radius 1 is 0.935 bits per heavy atom. The van der Waals surface area contributed by atoms with Crippen LogP contribution >= 0.6 is 23.2 Å². The molecule has 0 saturated carbocycles. The number of hydrogen-bond acceptors (Lipinski definition) is 4. The van der Waals surface area contributed by atoms with E-state index < -0.39 is 5.91 Å². The Kier molecular flexibility index (Phi) is 5.89. The molecule has 0 bridgehead atoms. The Balaban J connectivity index is 1.78. The number of azo groups is 1. The highest BCUT2D eigenvalue weighted by molar-refractivity contribution is 6.35. The third kappa shape index (κ3) is 4.53. The largest absolute Gasteiger partial charge is 0.505 e. The molecule has 154 valence electrons. The van der Waals surface area contributed by atoms with Crippen LogP contribution in [0.3, 0.4) is 0 Å². The number of fused-ring (bicyclic) bond motifs is 1. The van der Waals surface area contributed by atoms with Gasteiger partial charge in [-0.05, 0) is 48.7 Å². The molecule has 4 aromatic rings. The van der Waals surface area contributed by atoms with Gasteiger partial charge >= 0.3 is 0 Å². The minimum atomic E-state index is -0.454. The number of aryl methyl sites for hydroxylation is 1. The van der Waals surface area contributed by atoms with Crippen molar-refractivity contribution in [1.29, 1.82) is 0 Å². The molecule has 4 aromatic carbocycles. The van der Waals surface area contributed by atoms with Crippen molar-refractivity contribution in [1.82, 2.24) is 0 Å². The molecule has 7 heteroatoms.